The van der Waals surface area contributed by atoms with E-state index in [9.17, 15) is 15.2 Å². The summed E-state index contributed by atoms with van der Waals surface area (Å²) in [4.78, 5) is 10.5. The second-order valence-electron chi connectivity index (χ2n) is 3.96. The summed E-state index contributed by atoms with van der Waals surface area (Å²) in [5.41, 5.74) is 1.40. The van der Waals surface area contributed by atoms with Gasteiger partial charge in [0.2, 0.25) is 0 Å². The van der Waals surface area contributed by atoms with Crippen LogP contribution in [0.25, 0.3) is 5.69 Å². The van der Waals surface area contributed by atoms with Gasteiger partial charge in [0.25, 0.3) is 5.69 Å². The maximum Gasteiger partial charge on any atom is 0.295 e. The SMILES string of the molecule is Cc1cccc([N+](=O)[O-])c1-n1cc(C(C)O)nn1. The van der Waals surface area contributed by atoms with Gasteiger partial charge in [-0.15, -0.1) is 5.10 Å². The minimum Gasteiger partial charge on any atom is -0.387 e. The van der Waals surface area contributed by atoms with Gasteiger partial charge < -0.3 is 5.11 Å². The van der Waals surface area contributed by atoms with Gasteiger partial charge in [-0.25, -0.2) is 4.68 Å². The molecule has 2 aromatic rings. The van der Waals surface area contributed by atoms with E-state index in [1.165, 1.54) is 16.9 Å². The fourth-order valence-corrected chi connectivity index (χ4v) is 1.67. The Morgan fingerprint density at radius 3 is 2.78 bits per heavy atom. The predicted molar refractivity (Wildman–Crippen MR) is 63.4 cm³/mol. The van der Waals surface area contributed by atoms with Gasteiger partial charge >= 0.3 is 0 Å². The highest BCUT2D eigenvalue weighted by Gasteiger charge is 2.19. The van der Waals surface area contributed by atoms with E-state index in [2.05, 4.69) is 10.3 Å². The average Bonchev–Trinajstić information content (AvgIpc) is 2.77. The van der Waals surface area contributed by atoms with Crippen LogP contribution in [-0.4, -0.2) is 25.0 Å². The molecular weight excluding hydrogens is 236 g/mol. The molecule has 2 rings (SSSR count). The van der Waals surface area contributed by atoms with Crippen LogP contribution in [0.1, 0.15) is 24.3 Å². The Morgan fingerprint density at radius 2 is 2.22 bits per heavy atom. The van der Waals surface area contributed by atoms with Crippen molar-refractivity contribution in [3.63, 3.8) is 0 Å². The molecular formula is C11H12N4O3. The zero-order valence-corrected chi connectivity index (χ0v) is 9.94. The van der Waals surface area contributed by atoms with E-state index in [4.69, 9.17) is 0 Å². The number of nitrogens with zero attached hydrogens (tertiary/aromatic N) is 4. The van der Waals surface area contributed by atoms with E-state index in [-0.39, 0.29) is 5.69 Å². The molecule has 1 aromatic heterocycles. The summed E-state index contributed by atoms with van der Waals surface area (Å²) in [7, 11) is 0. The molecule has 0 saturated heterocycles. The molecule has 0 aliphatic heterocycles. The van der Waals surface area contributed by atoms with Crippen LogP contribution in [-0.2, 0) is 0 Å². The first-order chi connectivity index (χ1) is 8.50. The normalized spacial score (nSPS) is 12.4. The molecule has 0 radical (unpaired) electrons. The molecule has 7 nitrogen and oxygen atoms in total. The highest BCUT2D eigenvalue weighted by Crippen LogP contribution is 2.25. The van der Waals surface area contributed by atoms with Crippen LogP contribution in [0.3, 0.4) is 0 Å². The number of hydrogen-bond donors (Lipinski definition) is 1. The maximum absolute atomic E-state index is 11.0. The lowest BCUT2D eigenvalue weighted by Crippen LogP contribution is -2.03. The minimum absolute atomic E-state index is 0.0444. The predicted octanol–water partition coefficient (Wildman–Crippen LogP) is 1.54. The van der Waals surface area contributed by atoms with Crippen LogP contribution >= 0.6 is 0 Å². The van der Waals surface area contributed by atoms with Crippen molar-refractivity contribution in [1.29, 1.82) is 0 Å². The van der Waals surface area contributed by atoms with Gasteiger partial charge in [0.15, 0.2) is 0 Å². The van der Waals surface area contributed by atoms with Crippen molar-refractivity contribution in [3.8, 4) is 5.69 Å². The quantitative estimate of drug-likeness (QED) is 0.656. The Bertz CT molecular complexity index is 592. The molecule has 0 aliphatic carbocycles. The van der Waals surface area contributed by atoms with Gasteiger partial charge in [-0.2, -0.15) is 0 Å². The van der Waals surface area contributed by atoms with E-state index in [0.29, 0.717) is 16.9 Å². The molecule has 1 N–H and O–H groups in total. The topological polar surface area (TPSA) is 94.1 Å². The van der Waals surface area contributed by atoms with Crippen LogP contribution in [0.2, 0.25) is 0 Å². The molecule has 0 spiro atoms. The third kappa shape index (κ3) is 2.07. The second-order valence-corrected chi connectivity index (χ2v) is 3.96. The summed E-state index contributed by atoms with van der Waals surface area (Å²) in [6.45, 7) is 3.31. The maximum atomic E-state index is 11.0. The van der Waals surface area contributed by atoms with Crippen LogP contribution < -0.4 is 0 Å². The van der Waals surface area contributed by atoms with E-state index >= 15 is 0 Å². The number of aliphatic hydroxyl groups excluding tert-OH is 1. The standard InChI is InChI=1S/C11H12N4O3/c1-7-4-3-5-10(15(17)18)11(7)14-6-9(8(2)16)12-13-14/h3-6,8,16H,1-2H3. The highest BCUT2D eigenvalue weighted by atomic mass is 16.6. The van der Waals surface area contributed by atoms with E-state index in [1.54, 1.807) is 26.0 Å². The minimum atomic E-state index is -0.762. The summed E-state index contributed by atoms with van der Waals surface area (Å²) < 4.78 is 1.32. The van der Waals surface area contributed by atoms with Gasteiger partial charge in [0.1, 0.15) is 11.4 Å². The molecule has 1 unspecified atom stereocenters. The number of aryl methyl sites for hydroxylation is 1. The zero-order chi connectivity index (χ0) is 13.3. The van der Waals surface area contributed by atoms with Crippen LogP contribution in [0, 0.1) is 17.0 Å². The van der Waals surface area contributed by atoms with Crippen LogP contribution in [0.4, 0.5) is 5.69 Å². The molecule has 94 valence electrons. The van der Waals surface area contributed by atoms with Gasteiger partial charge in [-0.3, -0.25) is 10.1 Å². The summed E-state index contributed by atoms with van der Waals surface area (Å²) in [5, 5.41) is 28.0. The summed E-state index contributed by atoms with van der Waals surface area (Å²) >= 11 is 0. The molecule has 0 amide bonds. The smallest absolute Gasteiger partial charge is 0.295 e. The molecule has 7 heteroatoms. The van der Waals surface area contributed by atoms with Crippen molar-refractivity contribution in [3.05, 3.63) is 45.8 Å². The number of aromatic nitrogens is 3. The third-order valence-corrected chi connectivity index (χ3v) is 2.58. The second kappa shape index (κ2) is 4.53. The fourth-order valence-electron chi connectivity index (χ4n) is 1.67. The molecule has 0 aliphatic rings. The fraction of sp³-hybridized carbons (Fsp3) is 0.273. The lowest BCUT2D eigenvalue weighted by Gasteiger charge is -2.05. The van der Waals surface area contributed by atoms with Crippen molar-refractivity contribution in [1.82, 2.24) is 15.0 Å². The zero-order valence-electron chi connectivity index (χ0n) is 9.94. The Labute approximate surface area is 103 Å². The lowest BCUT2D eigenvalue weighted by molar-refractivity contribution is -0.384. The van der Waals surface area contributed by atoms with E-state index in [1.807, 2.05) is 0 Å². The van der Waals surface area contributed by atoms with E-state index < -0.39 is 11.0 Å². The number of hydrogen-bond acceptors (Lipinski definition) is 5. The molecule has 18 heavy (non-hydrogen) atoms. The first-order valence-corrected chi connectivity index (χ1v) is 5.35. The van der Waals surface area contributed by atoms with Crippen molar-refractivity contribution < 1.29 is 10.0 Å². The van der Waals surface area contributed by atoms with Gasteiger partial charge in [-0.05, 0) is 19.4 Å². The molecule has 1 heterocycles. The molecule has 0 fully saturated rings. The Balaban J connectivity index is 2.58. The molecule has 1 atom stereocenters. The lowest BCUT2D eigenvalue weighted by atomic mass is 10.1. The molecule has 0 bridgehead atoms. The van der Waals surface area contributed by atoms with Gasteiger partial charge in [0.05, 0.1) is 17.2 Å². The third-order valence-electron chi connectivity index (χ3n) is 2.58. The largest absolute Gasteiger partial charge is 0.387 e. The monoisotopic (exact) mass is 248 g/mol. The summed E-state index contributed by atoms with van der Waals surface area (Å²) in [5.74, 6) is 0. The van der Waals surface area contributed by atoms with E-state index in [0.717, 1.165) is 0 Å². The number of nitro groups is 1. The van der Waals surface area contributed by atoms with Crippen molar-refractivity contribution >= 4 is 5.69 Å². The van der Waals surface area contributed by atoms with Crippen LogP contribution in [0.5, 0.6) is 0 Å². The van der Waals surface area contributed by atoms with Crippen molar-refractivity contribution in [2.75, 3.05) is 0 Å². The van der Waals surface area contributed by atoms with Crippen molar-refractivity contribution in [2.45, 2.75) is 20.0 Å². The number of benzene rings is 1. The molecule has 1 aromatic carbocycles. The Morgan fingerprint density at radius 1 is 1.50 bits per heavy atom. The number of nitro benzene ring substituents is 1. The highest BCUT2D eigenvalue weighted by molar-refractivity contribution is 5.56. The first-order valence-electron chi connectivity index (χ1n) is 5.35. The summed E-state index contributed by atoms with van der Waals surface area (Å²) in [6, 6.07) is 4.78. The Kier molecular flexibility index (Phi) is 3.07. The average molecular weight is 248 g/mol. The number of aliphatic hydroxyl groups is 1. The van der Waals surface area contributed by atoms with Gasteiger partial charge in [-0.1, -0.05) is 17.3 Å². The molecule has 0 saturated carbocycles. The summed E-state index contributed by atoms with van der Waals surface area (Å²) in [6.07, 6.45) is 0.724. The first kappa shape index (κ1) is 12.2. The van der Waals surface area contributed by atoms with Crippen LogP contribution in [0.15, 0.2) is 24.4 Å². The number of rotatable bonds is 3. The van der Waals surface area contributed by atoms with Crippen molar-refractivity contribution in [2.24, 2.45) is 0 Å². The van der Waals surface area contributed by atoms with Gasteiger partial charge in [0, 0.05) is 6.07 Å². The number of para-hydroxylation sites is 1. The Hall–Kier alpha value is -2.28.